The zero-order valence-corrected chi connectivity index (χ0v) is 12.4. The fourth-order valence-electron chi connectivity index (χ4n) is 4.20. The molecule has 1 atom stereocenters. The van der Waals surface area contributed by atoms with Crippen LogP contribution >= 0.6 is 0 Å². The lowest BCUT2D eigenvalue weighted by Crippen LogP contribution is -2.65. The molecule has 1 N–H and O–H groups in total. The molecule has 0 aromatic carbocycles. The highest BCUT2D eigenvalue weighted by atomic mass is 16.7. The first-order valence-corrected chi connectivity index (χ1v) is 8.18. The van der Waals surface area contributed by atoms with Crippen molar-refractivity contribution in [2.24, 2.45) is 10.8 Å². The Balaban J connectivity index is 1.14. The summed E-state index contributed by atoms with van der Waals surface area (Å²) < 4.78 is 17.0. The minimum Gasteiger partial charge on any atom is -0.396 e. The Morgan fingerprint density at radius 2 is 1.85 bits per heavy atom. The van der Waals surface area contributed by atoms with Gasteiger partial charge in [0.2, 0.25) is 0 Å². The smallest absolute Gasteiger partial charge is 0.157 e. The first-order valence-electron chi connectivity index (χ1n) is 8.18. The van der Waals surface area contributed by atoms with Crippen LogP contribution in [0.1, 0.15) is 51.4 Å². The van der Waals surface area contributed by atoms with E-state index in [-0.39, 0.29) is 6.29 Å². The molecule has 4 rings (SSSR count). The van der Waals surface area contributed by atoms with Crippen molar-refractivity contribution in [3.63, 3.8) is 0 Å². The molecule has 3 saturated carbocycles. The van der Waals surface area contributed by atoms with E-state index in [4.69, 9.17) is 14.2 Å². The molecule has 4 nitrogen and oxygen atoms in total. The number of aliphatic hydroxyl groups excluding tert-OH is 1. The monoisotopic (exact) mass is 284 g/mol. The quantitative estimate of drug-likeness (QED) is 0.661. The van der Waals surface area contributed by atoms with Crippen molar-refractivity contribution in [1.82, 2.24) is 0 Å². The van der Waals surface area contributed by atoms with Gasteiger partial charge in [-0.05, 0) is 62.2 Å². The molecule has 1 heterocycles. The Morgan fingerprint density at radius 3 is 2.55 bits per heavy atom. The van der Waals surface area contributed by atoms with Crippen molar-refractivity contribution in [3.05, 3.63) is 0 Å². The van der Waals surface area contributed by atoms with E-state index < -0.39 is 0 Å². The van der Waals surface area contributed by atoms with Crippen molar-refractivity contribution in [2.75, 3.05) is 33.0 Å². The van der Waals surface area contributed by atoms with Gasteiger partial charge in [0, 0.05) is 26.4 Å². The minimum atomic E-state index is 0.0418. The molecule has 1 saturated heterocycles. The highest BCUT2D eigenvalue weighted by Gasteiger charge is 2.67. The van der Waals surface area contributed by atoms with E-state index in [1.54, 1.807) is 0 Å². The van der Waals surface area contributed by atoms with Gasteiger partial charge in [-0.3, -0.25) is 0 Å². The number of hydrogen-bond donors (Lipinski definition) is 1. The highest BCUT2D eigenvalue weighted by Crippen LogP contribution is 2.72. The molecule has 0 aromatic rings. The summed E-state index contributed by atoms with van der Waals surface area (Å²) in [4.78, 5) is 0. The Hall–Kier alpha value is -0.160. The summed E-state index contributed by atoms with van der Waals surface area (Å²) in [5, 5.41) is 9.21. The number of ether oxygens (including phenoxy) is 3. The van der Waals surface area contributed by atoms with Crippen molar-refractivity contribution < 1.29 is 19.3 Å². The van der Waals surface area contributed by atoms with Crippen LogP contribution in [0.2, 0.25) is 0 Å². The van der Waals surface area contributed by atoms with Crippen LogP contribution in [0.4, 0.5) is 0 Å². The third-order valence-corrected chi connectivity index (χ3v) is 5.12. The van der Waals surface area contributed by atoms with Crippen molar-refractivity contribution in [2.45, 2.75) is 57.7 Å². The van der Waals surface area contributed by atoms with E-state index in [9.17, 15) is 5.11 Å². The Labute approximate surface area is 121 Å². The first-order chi connectivity index (χ1) is 9.76. The number of rotatable bonds is 9. The van der Waals surface area contributed by atoms with Gasteiger partial charge in [-0.1, -0.05) is 0 Å². The lowest BCUT2D eigenvalue weighted by molar-refractivity contribution is -0.246. The second kappa shape index (κ2) is 6.30. The maximum atomic E-state index is 9.21. The largest absolute Gasteiger partial charge is 0.396 e. The molecule has 0 spiro atoms. The van der Waals surface area contributed by atoms with E-state index in [0.717, 1.165) is 45.7 Å². The molecule has 4 fully saturated rings. The Kier molecular flexibility index (Phi) is 4.65. The standard InChI is InChI=1S/C16H28O4/c17-12-15-9-16(10-15,11-15)13-18-6-3-4-8-20-14-5-1-2-7-19-14/h14,17H,1-13H2. The van der Waals surface area contributed by atoms with Gasteiger partial charge < -0.3 is 19.3 Å². The van der Waals surface area contributed by atoms with E-state index in [1.165, 1.54) is 32.1 Å². The molecule has 0 amide bonds. The third-order valence-electron chi connectivity index (χ3n) is 5.12. The van der Waals surface area contributed by atoms with E-state index in [2.05, 4.69) is 0 Å². The molecule has 4 heteroatoms. The van der Waals surface area contributed by atoms with Crippen molar-refractivity contribution in [1.29, 1.82) is 0 Å². The maximum Gasteiger partial charge on any atom is 0.157 e. The van der Waals surface area contributed by atoms with Crippen LogP contribution in [0, 0.1) is 10.8 Å². The summed E-state index contributed by atoms with van der Waals surface area (Å²) in [7, 11) is 0. The minimum absolute atomic E-state index is 0.0418. The van der Waals surface area contributed by atoms with Crippen molar-refractivity contribution >= 4 is 0 Å². The third kappa shape index (κ3) is 3.19. The van der Waals surface area contributed by atoms with Gasteiger partial charge in [-0.25, -0.2) is 0 Å². The van der Waals surface area contributed by atoms with Gasteiger partial charge in [0.1, 0.15) is 0 Å². The number of unbranched alkanes of at least 4 members (excludes halogenated alkanes) is 1. The topological polar surface area (TPSA) is 47.9 Å². The van der Waals surface area contributed by atoms with Crippen LogP contribution in [0.5, 0.6) is 0 Å². The summed E-state index contributed by atoms with van der Waals surface area (Å²) in [5.41, 5.74) is 0.742. The molecule has 0 radical (unpaired) electrons. The molecule has 2 bridgehead atoms. The summed E-state index contributed by atoms with van der Waals surface area (Å²) >= 11 is 0. The fourth-order valence-corrected chi connectivity index (χ4v) is 4.20. The van der Waals surface area contributed by atoms with Crippen LogP contribution in [-0.4, -0.2) is 44.4 Å². The second-order valence-electron chi connectivity index (χ2n) is 7.12. The van der Waals surface area contributed by atoms with Crippen molar-refractivity contribution in [3.8, 4) is 0 Å². The van der Waals surface area contributed by atoms with E-state index in [0.29, 0.717) is 17.4 Å². The zero-order valence-electron chi connectivity index (χ0n) is 12.4. The second-order valence-corrected chi connectivity index (χ2v) is 7.12. The van der Waals surface area contributed by atoms with Crippen LogP contribution in [0.3, 0.4) is 0 Å². The molecular weight excluding hydrogens is 256 g/mol. The molecule has 0 aromatic heterocycles. The normalized spacial score (nSPS) is 39.1. The predicted octanol–water partition coefficient (Wildman–Crippen LogP) is 2.49. The predicted molar refractivity (Wildman–Crippen MR) is 75.4 cm³/mol. The first kappa shape index (κ1) is 14.8. The summed E-state index contributed by atoms with van der Waals surface area (Å²) in [5.74, 6) is 0. The number of aliphatic hydroxyl groups is 1. The average molecular weight is 284 g/mol. The molecule has 4 aliphatic rings. The molecular formula is C16H28O4. The highest BCUT2D eigenvalue weighted by molar-refractivity contribution is 5.16. The summed E-state index contributed by atoms with van der Waals surface area (Å²) in [6.07, 6.45) is 9.14. The lowest BCUT2D eigenvalue weighted by Gasteiger charge is -2.70. The molecule has 20 heavy (non-hydrogen) atoms. The average Bonchev–Trinajstić information content (AvgIpc) is 2.39. The summed E-state index contributed by atoms with van der Waals surface area (Å²) in [6, 6.07) is 0. The van der Waals surface area contributed by atoms with Gasteiger partial charge in [0.05, 0.1) is 6.61 Å². The van der Waals surface area contributed by atoms with Gasteiger partial charge in [0.15, 0.2) is 6.29 Å². The maximum absolute atomic E-state index is 9.21. The van der Waals surface area contributed by atoms with E-state index >= 15 is 0 Å². The van der Waals surface area contributed by atoms with Gasteiger partial charge in [0.25, 0.3) is 0 Å². The van der Waals surface area contributed by atoms with Gasteiger partial charge >= 0.3 is 0 Å². The molecule has 3 aliphatic carbocycles. The van der Waals surface area contributed by atoms with Crippen LogP contribution < -0.4 is 0 Å². The summed E-state index contributed by atoms with van der Waals surface area (Å²) in [6.45, 7) is 3.73. The molecule has 116 valence electrons. The zero-order chi connectivity index (χ0) is 13.9. The van der Waals surface area contributed by atoms with Crippen LogP contribution in [0.25, 0.3) is 0 Å². The Morgan fingerprint density at radius 1 is 1.05 bits per heavy atom. The van der Waals surface area contributed by atoms with E-state index in [1.807, 2.05) is 0 Å². The lowest BCUT2D eigenvalue weighted by atomic mass is 9.36. The van der Waals surface area contributed by atoms with Crippen LogP contribution in [0.15, 0.2) is 0 Å². The Bertz CT molecular complexity index is 292. The van der Waals surface area contributed by atoms with Gasteiger partial charge in [-0.15, -0.1) is 0 Å². The molecule has 1 aliphatic heterocycles. The fraction of sp³-hybridized carbons (Fsp3) is 1.00. The van der Waals surface area contributed by atoms with Crippen LogP contribution in [-0.2, 0) is 14.2 Å². The molecule has 1 unspecified atom stereocenters. The number of hydrogen-bond acceptors (Lipinski definition) is 4. The SMILES string of the molecule is OCC12CC(COCCCCOC3CCCCO3)(C1)C2. The van der Waals surface area contributed by atoms with Gasteiger partial charge in [-0.2, -0.15) is 0 Å².